The first kappa shape index (κ1) is 61.8. The van der Waals surface area contributed by atoms with E-state index in [4.69, 9.17) is 37.9 Å². The summed E-state index contributed by atoms with van der Waals surface area (Å²) < 4.78 is 41.5. The maximum Gasteiger partial charge on any atom is 0.312 e. The van der Waals surface area contributed by atoms with Crippen LogP contribution in [0.15, 0.2) is 121 Å². The molecule has 0 radical (unpaired) electrons. The van der Waals surface area contributed by atoms with Crippen LogP contribution in [0.4, 0.5) is 0 Å². The molecule has 0 unspecified atom stereocenters. The second kappa shape index (κ2) is 25.8. The average molecular weight is 1200 g/mol. The summed E-state index contributed by atoms with van der Waals surface area (Å²) in [5.74, 6) is 0.852. The van der Waals surface area contributed by atoms with Gasteiger partial charge in [0.05, 0.1) is 54.1 Å². The van der Waals surface area contributed by atoms with Crippen LogP contribution in [-0.4, -0.2) is 93.2 Å². The van der Waals surface area contributed by atoms with Crippen molar-refractivity contribution in [3.05, 3.63) is 188 Å². The molecule has 8 aromatic carbocycles. The van der Waals surface area contributed by atoms with Gasteiger partial charge in [0.2, 0.25) is 0 Å². The summed E-state index contributed by atoms with van der Waals surface area (Å²) in [4.78, 5) is 47.5. The molecule has 0 fully saturated rings. The number of rotatable bonds is 8. The van der Waals surface area contributed by atoms with Crippen molar-refractivity contribution in [2.75, 3.05) is 28.4 Å². The molecule has 20 nitrogen and oxygen atoms in total. The topological polar surface area (TPSA) is 304 Å². The van der Waals surface area contributed by atoms with Crippen LogP contribution in [0.25, 0.3) is 0 Å². The molecular weight excluding hydrogens is 1140 g/mol. The lowest BCUT2D eigenvalue weighted by atomic mass is 9.83. The molecule has 456 valence electrons. The molecule has 0 saturated heterocycles. The van der Waals surface area contributed by atoms with Crippen LogP contribution in [0.5, 0.6) is 92.0 Å². The summed E-state index contributed by atoms with van der Waals surface area (Å²) in [7, 11) is 5.88. The molecule has 0 aliphatic carbocycles. The highest BCUT2D eigenvalue weighted by atomic mass is 16.6. The minimum absolute atomic E-state index is 0.0259. The molecule has 0 spiro atoms. The Morgan fingerprint density at radius 3 is 0.830 bits per heavy atom. The Morgan fingerprint density at radius 1 is 0.318 bits per heavy atom. The van der Waals surface area contributed by atoms with Crippen molar-refractivity contribution >= 4 is 23.9 Å². The monoisotopic (exact) mass is 1200 g/mol. The molecule has 4 aliphatic heterocycles. The number of benzene rings is 8. The highest BCUT2D eigenvalue weighted by Crippen LogP contribution is 2.49. The van der Waals surface area contributed by atoms with E-state index in [1.54, 1.807) is 97.1 Å². The molecule has 88 heavy (non-hydrogen) atoms. The predicted molar refractivity (Wildman–Crippen MR) is 318 cm³/mol. The van der Waals surface area contributed by atoms with E-state index in [0.717, 1.165) is 55.6 Å². The Kier molecular flexibility index (Phi) is 18.1. The van der Waals surface area contributed by atoms with Gasteiger partial charge in [0.1, 0.15) is 46.0 Å². The van der Waals surface area contributed by atoms with E-state index in [2.05, 4.69) is 0 Å². The van der Waals surface area contributed by atoms with E-state index >= 15 is 0 Å². The van der Waals surface area contributed by atoms with Gasteiger partial charge >= 0.3 is 23.9 Å². The van der Waals surface area contributed by atoms with Crippen molar-refractivity contribution in [2.45, 2.75) is 77.0 Å². The first-order valence-electron chi connectivity index (χ1n) is 27.6. The fourth-order valence-corrected chi connectivity index (χ4v) is 11.4. The number of methoxy groups -OCH3 is 4. The lowest BCUT2D eigenvalue weighted by Crippen LogP contribution is -2.21. The average Bonchev–Trinajstić information content (AvgIpc) is 0.976. The van der Waals surface area contributed by atoms with Crippen LogP contribution in [-0.2, 0) is 19.2 Å². The van der Waals surface area contributed by atoms with Gasteiger partial charge in [-0.1, -0.05) is 24.3 Å². The van der Waals surface area contributed by atoms with Crippen LogP contribution in [0.3, 0.4) is 0 Å². The second-order valence-corrected chi connectivity index (χ2v) is 21.4. The van der Waals surface area contributed by atoms with Gasteiger partial charge in [0, 0.05) is 58.1 Å². The highest BCUT2D eigenvalue weighted by molar-refractivity contribution is 5.81. The highest BCUT2D eigenvalue weighted by Gasteiger charge is 2.36. The van der Waals surface area contributed by atoms with E-state index in [1.165, 1.54) is 52.7 Å². The van der Waals surface area contributed by atoms with Gasteiger partial charge in [-0.2, -0.15) is 0 Å². The molecule has 8 aromatic rings. The normalized spacial score (nSPS) is 16.8. The van der Waals surface area contributed by atoms with Gasteiger partial charge in [-0.25, -0.2) is 0 Å². The summed E-state index contributed by atoms with van der Waals surface area (Å²) in [6.45, 7) is 7.37. The third kappa shape index (κ3) is 13.2. The third-order valence-corrected chi connectivity index (χ3v) is 15.4. The Bertz CT molecular complexity index is 3520. The minimum Gasteiger partial charge on any atom is -0.508 e. The van der Waals surface area contributed by atoms with Crippen LogP contribution in [0, 0.1) is 27.7 Å². The van der Waals surface area contributed by atoms with E-state index in [0.29, 0.717) is 57.1 Å². The van der Waals surface area contributed by atoms with Crippen LogP contribution in [0.2, 0.25) is 0 Å². The minimum atomic E-state index is -0.352. The number of ether oxygens (including phenoxy) is 8. The number of hydrogen-bond donors (Lipinski definition) is 8. The molecule has 0 bridgehead atoms. The molecule has 20 heteroatoms. The maximum absolute atomic E-state index is 11.9. The fraction of sp³-hybridized carbons (Fsp3) is 0.235. The zero-order valence-corrected chi connectivity index (χ0v) is 49.2. The number of carbonyl (C=O) groups is 4. The van der Waals surface area contributed by atoms with Crippen LogP contribution < -0.4 is 37.9 Å². The van der Waals surface area contributed by atoms with Gasteiger partial charge in [-0.3, -0.25) is 19.2 Å². The van der Waals surface area contributed by atoms with Gasteiger partial charge in [0.25, 0.3) is 0 Å². The van der Waals surface area contributed by atoms with Gasteiger partial charge in [0.15, 0.2) is 46.0 Å². The lowest BCUT2D eigenvalue weighted by molar-refractivity contribution is -0.136. The van der Waals surface area contributed by atoms with Gasteiger partial charge in [-0.05, 0) is 157 Å². The number of aromatic hydroxyl groups is 8. The quantitative estimate of drug-likeness (QED) is 0.0518. The standard InChI is InChI=1S/4C17H16O5/c2*1-9-5-11(18)7-15-17(9)12(8-16(20)22-15)10-3-4-13(19)14(6-10)21-2;2*1-9-5-13(19)17-11(8-16(20)22-15(17)6-9)10-3-4-12(18)14(7-10)21-2/h2*3-7,12,18-19H,8H2,1-2H3;2*3-7,11,18-19H,8H2,1-2H3/t2*12-;2*11-/m1010/s1. The predicted octanol–water partition coefficient (Wildman–Crippen LogP) is 11.4. The number of carbonyl (C=O) groups excluding carboxylic acids is 4. The Labute approximate surface area is 505 Å². The molecule has 4 heterocycles. The molecule has 4 aliphatic rings. The van der Waals surface area contributed by atoms with Gasteiger partial charge in [-0.15, -0.1) is 0 Å². The largest absolute Gasteiger partial charge is 0.508 e. The first-order valence-corrected chi connectivity index (χ1v) is 27.6. The van der Waals surface area contributed by atoms with E-state index in [1.807, 2.05) is 27.7 Å². The fourth-order valence-electron chi connectivity index (χ4n) is 11.4. The van der Waals surface area contributed by atoms with Crippen molar-refractivity contribution in [1.82, 2.24) is 0 Å². The summed E-state index contributed by atoms with van der Waals surface area (Å²) >= 11 is 0. The first-order chi connectivity index (χ1) is 42.0. The van der Waals surface area contributed by atoms with Crippen molar-refractivity contribution < 1.29 is 97.9 Å². The molecular formula is C68H64O20. The number of hydrogen-bond acceptors (Lipinski definition) is 20. The summed E-state index contributed by atoms with van der Waals surface area (Å²) in [6, 6.07) is 32.8. The summed E-state index contributed by atoms with van der Waals surface area (Å²) in [5.41, 5.74) is 9.45. The SMILES string of the molecule is COc1cc([C@@H]2CC(=O)Oc3cc(C)cc(O)c32)ccc1O.COc1cc([C@@H]2CC(=O)Oc3cc(O)cc(C)c32)ccc1O.COc1cc([C@H]2CC(=O)Oc3cc(C)cc(O)c32)ccc1O.COc1cc([C@H]2CC(=O)Oc3cc(O)cc(C)c32)ccc1O. The van der Waals surface area contributed by atoms with E-state index < -0.39 is 0 Å². The number of aryl methyl sites for hydroxylation is 4. The maximum atomic E-state index is 11.9. The van der Waals surface area contributed by atoms with Crippen molar-refractivity contribution in [3.63, 3.8) is 0 Å². The zero-order chi connectivity index (χ0) is 63.4. The van der Waals surface area contributed by atoms with E-state index in [9.17, 15) is 60.0 Å². The van der Waals surface area contributed by atoms with Crippen molar-refractivity contribution in [3.8, 4) is 92.0 Å². The molecule has 0 saturated carbocycles. The number of phenols is 8. The smallest absolute Gasteiger partial charge is 0.312 e. The Morgan fingerprint density at radius 2 is 0.568 bits per heavy atom. The Hall–Kier alpha value is -10.8. The van der Waals surface area contributed by atoms with Gasteiger partial charge < -0.3 is 78.7 Å². The number of phenolic OH excluding ortho intramolecular Hbond substituents is 8. The summed E-state index contributed by atoms with van der Waals surface area (Å²) in [6.07, 6.45) is 0.647. The number of fused-ring (bicyclic) bond motifs is 4. The molecule has 8 N–H and O–H groups in total. The Balaban J connectivity index is 0.000000140. The van der Waals surface area contributed by atoms with Crippen molar-refractivity contribution in [1.29, 1.82) is 0 Å². The third-order valence-electron chi connectivity index (χ3n) is 15.4. The number of esters is 4. The van der Waals surface area contributed by atoms with Crippen molar-refractivity contribution in [2.24, 2.45) is 0 Å². The lowest BCUT2D eigenvalue weighted by Gasteiger charge is -2.27. The molecule has 0 aromatic heterocycles. The van der Waals surface area contributed by atoms with E-state index in [-0.39, 0.29) is 119 Å². The molecule has 12 rings (SSSR count). The van der Waals surface area contributed by atoms with Crippen LogP contribution >= 0.6 is 0 Å². The summed E-state index contributed by atoms with van der Waals surface area (Å²) in [5, 5.41) is 78.8. The second-order valence-electron chi connectivity index (χ2n) is 21.4. The molecule has 0 amide bonds. The zero-order valence-electron chi connectivity index (χ0n) is 49.2. The molecule has 4 atom stereocenters. The van der Waals surface area contributed by atoms with Crippen LogP contribution in [0.1, 0.15) is 116 Å².